The van der Waals surface area contributed by atoms with Crippen molar-refractivity contribution in [2.45, 2.75) is 52.7 Å². The van der Waals surface area contributed by atoms with Gasteiger partial charge in [-0.3, -0.25) is 4.79 Å². The Morgan fingerprint density at radius 3 is 2.36 bits per heavy atom. The number of carbonyl (C=O) groups excluding carboxylic acids is 1. The maximum absolute atomic E-state index is 11.7. The average molecular weight is 199 g/mol. The molecule has 82 valence electrons. The first-order chi connectivity index (χ1) is 6.23. The van der Waals surface area contributed by atoms with Crippen LogP contribution in [0.3, 0.4) is 0 Å². The van der Waals surface area contributed by atoms with Gasteiger partial charge in [0.1, 0.15) is 0 Å². The molecule has 1 saturated heterocycles. The second kappa shape index (κ2) is 3.54. The van der Waals surface area contributed by atoms with Crippen molar-refractivity contribution in [3.05, 3.63) is 0 Å². The molecular formula is C11H21NO2. The van der Waals surface area contributed by atoms with E-state index in [2.05, 4.69) is 5.32 Å². The number of carbonyl (C=O) groups is 1. The minimum atomic E-state index is -0.321. The predicted octanol–water partition coefficient (Wildman–Crippen LogP) is 1.72. The SMILES string of the molecule is CC(C)(C)C(=O)NC1CCOC1(C)C. The maximum Gasteiger partial charge on any atom is 0.225 e. The van der Waals surface area contributed by atoms with Gasteiger partial charge in [0.05, 0.1) is 11.6 Å². The molecule has 0 bridgehead atoms. The molecule has 0 radical (unpaired) electrons. The highest BCUT2D eigenvalue weighted by Gasteiger charge is 2.38. The molecule has 1 aliphatic heterocycles. The van der Waals surface area contributed by atoms with Gasteiger partial charge in [0.15, 0.2) is 0 Å². The van der Waals surface area contributed by atoms with E-state index in [0.717, 1.165) is 13.0 Å². The number of nitrogens with one attached hydrogen (secondary N) is 1. The van der Waals surface area contributed by atoms with E-state index in [1.807, 2.05) is 34.6 Å². The van der Waals surface area contributed by atoms with Crippen LogP contribution >= 0.6 is 0 Å². The van der Waals surface area contributed by atoms with E-state index in [9.17, 15) is 4.79 Å². The maximum atomic E-state index is 11.7. The van der Waals surface area contributed by atoms with Crippen LogP contribution in [0.2, 0.25) is 0 Å². The summed E-state index contributed by atoms with van der Waals surface area (Å²) >= 11 is 0. The molecule has 1 amide bonds. The van der Waals surface area contributed by atoms with E-state index in [-0.39, 0.29) is 23.0 Å². The van der Waals surface area contributed by atoms with Gasteiger partial charge in [0.25, 0.3) is 0 Å². The molecule has 0 aliphatic carbocycles. The lowest BCUT2D eigenvalue weighted by Crippen LogP contribution is -2.49. The third kappa shape index (κ3) is 2.47. The van der Waals surface area contributed by atoms with Crippen molar-refractivity contribution in [1.82, 2.24) is 5.32 Å². The summed E-state index contributed by atoms with van der Waals surface area (Å²) in [6, 6.07) is 0.147. The normalized spacial score (nSPS) is 26.2. The van der Waals surface area contributed by atoms with Gasteiger partial charge in [-0.2, -0.15) is 0 Å². The van der Waals surface area contributed by atoms with Crippen LogP contribution in [0, 0.1) is 5.41 Å². The topological polar surface area (TPSA) is 38.3 Å². The third-order valence-corrected chi connectivity index (χ3v) is 2.71. The first-order valence-electron chi connectivity index (χ1n) is 5.18. The summed E-state index contributed by atoms with van der Waals surface area (Å²) in [7, 11) is 0. The van der Waals surface area contributed by atoms with Crippen LogP contribution in [0.5, 0.6) is 0 Å². The van der Waals surface area contributed by atoms with Gasteiger partial charge in [-0.25, -0.2) is 0 Å². The van der Waals surface area contributed by atoms with Crippen molar-refractivity contribution in [3.8, 4) is 0 Å². The third-order valence-electron chi connectivity index (χ3n) is 2.71. The molecule has 3 heteroatoms. The zero-order valence-corrected chi connectivity index (χ0v) is 9.81. The van der Waals surface area contributed by atoms with E-state index in [4.69, 9.17) is 4.74 Å². The molecule has 0 aromatic rings. The van der Waals surface area contributed by atoms with E-state index < -0.39 is 0 Å². The summed E-state index contributed by atoms with van der Waals surface area (Å²) in [6.45, 7) is 10.5. The molecule has 1 fully saturated rings. The molecule has 3 nitrogen and oxygen atoms in total. The minimum absolute atomic E-state index is 0.0982. The fourth-order valence-electron chi connectivity index (χ4n) is 1.51. The fraction of sp³-hybridized carbons (Fsp3) is 0.909. The lowest BCUT2D eigenvalue weighted by Gasteiger charge is -2.29. The number of rotatable bonds is 1. The predicted molar refractivity (Wildman–Crippen MR) is 56.0 cm³/mol. The average Bonchev–Trinajstić information content (AvgIpc) is 2.29. The van der Waals surface area contributed by atoms with Crippen molar-refractivity contribution < 1.29 is 9.53 Å². The number of amides is 1. The molecule has 0 spiro atoms. The quantitative estimate of drug-likeness (QED) is 0.698. The summed E-state index contributed by atoms with van der Waals surface area (Å²) in [6.07, 6.45) is 0.912. The van der Waals surface area contributed by atoms with Crippen molar-refractivity contribution in [2.75, 3.05) is 6.61 Å². The monoisotopic (exact) mass is 199 g/mol. The van der Waals surface area contributed by atoms with Crippen molar-refractivity contribution >= 4 is 5.91 Å². The van der Waals surface area contributed by atoms with Gasteiger partial charge in [-0.05, 0) is 20.3 Å². The largest absolute Gasteiger partial charge is 0.373 e. The zero-order valence-electron chi connectivity index (χ0n) is 9.81. The van der Waals surface area contributed by atoms with Gasteiger partial charge in [-0.1, -0.05) is 20.8 Å². The smallest absolute Gasteiger partial charge is 0.225 e. The van der Waals surface area contributed by atoms with Crippen LogP contribution in [-0.2, 0) is 9.53 Å². The number of hydrogen-bond donors (Lipinski definition) is 1. The molecular weight excluding hydrogens is 178 g/mol. The van der Waals surface area contributed by atoms with Crippen LogP contribution in [0.25, 0.3) is 0 Å². The van der Waals surface area contributed by atoms with Crippen LogP contribution in [-0.4, -0.2) is 24.2 Å². The lowest BCUT2D eigenvalue weighted by atomic mass is 9.92. The second-order valence-electron chi connectivity index (χ2n) is 5.52. The van der Waals surface area contributed by atoms with E-state index in [1.54, 1.807) is 0 Å². The Kier molecular flexibility index (Phi) is 2.91. The highest BCUT2D eigenvalue weighted by atomic mass is 16.5. The summed E-state index contributed by atoms with van der Waals surface area (Å²) in [5.41, 5.74) is -0.542. The molecule has 0 aromatic carbocycles. The first kappa shape index (κ1) is 11.5. The first-order valence-corrected chi connectivity index (χ1v) is 5.18. The highest BCUT2D eigenvalue weighted by Crippen LogP contribution is 2.26. The van der Waals surface area contributed by atoms with Gasteiger partial charge in [0, 0.05) is 12.0 Å². The van der Waals surface area contributed by atoms with Crippen molar-refractivity contribution in [3.63, 3.8) is 0 Å². The van der Waals surface area contributed by atoms with Crippen LogP contribution in [0.15, 0.2) is 0 Å². The molecule has 1 atom stereocenters. The van der Waals surface area contributed by atoms with E-state index in [1.165, 1.54) is 0 Å². The Morgan fingerprint density at radius 2 is 2.00 bits per heavy atom. The highest BCUT2D eigenvalue weighted by molar-refractivity contribution is 5.81. The van der Waals surface area contributed by atoms with Gasteiger partial charge in [-0.15, -0.1) is 0 Å². The van der Waals surface area contributed by atoms with E-state index in [0.29, 0.717) is 0 Å². The fourth-order valence-corrected chi connectivity index (χ4v) is 1.51. The number of ether oxygens (including phenoxy) is 1. The molecule has 1 rings (SSSR count). The summed E-state index contributed by atoms with van der Waals surface area (Å²) in [5.74, 6) is 0.0982. The standard InChI is InChI=1S/C11H21NO2/c1-10(2,3)9(13)12-8-6-7-14-11(8,4)5/h8H,6-7H2,1-5H3,(H,12,13). The molecule has 0 saturated carbocycles. The Labute approximate surface area is 86.2 Å². The molecule has 1 N–H and O–H groups in total. The van der Waals surface area contributed by atoms with E-state index >= 15 is 0 Å². The molecule has 1 heterocycles. The Morgan fingerprint density at radius 1 is 1.43 bits per heavy atom. The van der Waals surface area contributed by atoms with Gasteiger partial charge < -0.3 is 10.1 Å². The second-order valence-corrected chi connectivity index (χ2v) is 5.52. The zero-order chi connectivity index (χ0) is 11.0. The Balaban J connectivity index is 2.57. The Hall–Kier alpha value is -0.570. The number of hydrogen-bond acceptors (Lipinski definition) is 2. The molecule has 14 heavy (non-hydrogen) atoms. The van der Waals surface area contributed by atoms with Crippen molar-refractivity contribution in [1.29, 1.82) is 0 Å². The van der Waals surface area contributed by atoms with Gasteiger partial charge in [0.2, 0.25) is 5.91 Å². The Bertz CT molecular complexity index is 228. The van der Waals surface area contributed by atoms with Gasteiger partial charge >= 0.3 is 0 Å². The minimum Gasteiger partial charge on any atom is -0.373 e. The lowest BCUT2D eigenvalue weighted by molar-refractivity contribution is -0.130. The summed E-state index contributed by atoms with van der Waals surface area (Å²) in [5, 5.41) is 3.05. The summed E-state index contributed by atoms with van der Waals surface area (Å²) in [4.78, 5) is 11.7. The molecule has 0 aromatic heterocycles. The molecule has 1 aliphatic rings. The molecule has 1 unspecified atom stereocenters. The van der Waals surface area contributed by atoms with Crippen molar-refractivity contribution in [2.24, 2.45) is 5.41 Å². The van der Waals surface area contributed by atoms with Crippen LogP contribution in [0.1, 0.15) is 41.0 Å². The van der Waals surface area contributed by atoms with Crippen LogP contribution in [0.4, 0.5) is 0 Å². The van der Waals surface area contributed by atoms with Crippen LogP contribution < -0.4 is 5.32 Å². The summed E-state index contributed by atoms with van der Waals surface area (Å²) < 4.78 is 5.55.